The minimum atomic E-state index is 0.00491. The predicted octanol–water partition coefficient (Wildman–Crippen LogP) is 3.01. The lowest BCUT2D eigenvalue weighted by Crippen LogP contribution is -2.31. The van der Waals surface area contributed by atoms with Gasteiger partial charge < -0.3 is 10.6 Å². The molecule has 0 aliphatic carbocycles. The standard InChI is InChI=1S/C5H8N2OS.C5H12.C2H6/c8-5-6-3-1-9-2-4(3)7-5;1-3-5-4-2;1-2/h3-4H,1-2H2,(H2,6,7,8);3-5H2,1-2H3;1-2H3. The Morgan fingerprint density at radius 2 is 1.56 bits per heavy atom. The van der Waals surface area contributed by atoms with Crippen LogP contribution < -0.4 is 10.6 Å². The summed E-state index contributed by atoms with van der Waals surface area (Å²) in [5.41, 5.74) is 0. The molecular formula is C12H26N2OS. The number of fused-ring (bicyclic) bond motifs is 1. The van der Waals surface area contributed by atoms with E-state index in [1.54, 1.807) is 0 Å². The van der Waals surface area contributed by atoms with Crippen LogP contribution in [0.25, 0.3) is 0 Å². The van der Waals surface area contributed by atoms with Crippen molar-refractivity contribution in [2.75, 3.05) is 11.5 Å². The van der Waals surface area contributed by atoms with E-state index >= 15 is 0 Å². The first-order valence-electron chi connectivity index (χ1n) is 6.42. The molecule has 96 valence electrons. The van der Waals surface area contributed by atoms with Crippen LogP contribution in [0.2, 0.25) is 0 Å². The van der Waals surface area contributed by atoms with Gasteiger partial charge in [0.1, 0.15) is 0 Å². The number of hydrogen-bond acceptors (Lipinski definition) is 2. The normalized spacial score (nSPS) is 25.4. The maximum atomic E-state index is 10.6. The number of unbranched alkanes of at least 4 members (excludes halogenated alkanes) is 2. The van der Waals surface area contributed by atoms with Gasteiger partial charge in [-0.3, -0.25) is 0 Å². The zero-order valence-corrected chi connectivity index (χ0v) is 11.8. The van der Waals surface area contributed by atoms with E-state index < -0.39 is 0 Å². The summed E-state index contributed by atoms with van der Waals surface area (Å²) in [6, 6.07) is 0.815. The third-order valence-corrected chi connectivity index (χ3v) is 3.61. The molecule has 0 aromatic carbocycles. The molecule has 2 N–H and O–H groups in total. The first-order chi connectivity index (χ1) is 7.77. The van der Waals surface area contributed by atoms with Crippen LogP contribution in [0.15, 0.2) is 0 Å². The molecule has 0 aromatic heterocycles. The number of amides is 2. The predicted molar refractivity (Wildman–Crippen MR) is 73.1 cm³/mol. The van der Waals surface area contributed by atoms with Crippen LogP contribution in [-0.2, 0) is 0 Å². The fraction of sp³-hybridized carbons (Fsp3) is 0.917. The van der Waals surface area contributed by atoms with Gasteiger partial charge in [0.05, 0.1) is 12.1 Å². The minimum absolute atomic E-state index is 0.00491. The molecule has 0 saturated carbocycles. The smallest absolute Gasteiger partial charge is 0.315 e. The number of thioether (sulfide) groups is 1. The van der Waals surface area contributed by atoms with Gasteiger partial charge in [-0.15, -0.1) is 0 Å². The van der Waals surface area contributed by atoms with Gasteiger partial charge in [0, 0.05) is 11.5 Å². The maximum absolute atomic E-state index is 10.6. The fourth-order valence-electron chi connectivity index (χ4n) is 1.57. The van der Waals surface area contributed by atoms with E-state index in [-0.39, 0.29) is 6.03 Å². The summed E-state index contributed by atoms with van der Waals surface area (Å²) in [5, 5.41) is 5.69. The van der Waals surface area contributed by atoms with Gasteiger partial charge in [-0.1, -0.05) is 47.0 Å². The molecule has 0 spiro atoms. The van der Waals surface area contributed by atoms with Crippen molar-refractivity contribution in [2.24, 2.45) is 0 Å². The van der Waals surface area contributed by atoms with Gasteiger partial charge in [0.2, 0.25) is 0 Å². The van der Waals surface area contributed by atoms with Gasteiger partial charge in [0.25, 0.3) is 0 Å². The summed E-state index contributed by atoms with van der Waals surface area (Å²) < 4.78 is 0. The van der Waals surface area contributed by atoms with Crippen LogP contribution in [0, 0.1) is 0 Å². The van der Waals surface area contributed by atoms with Crippen molar-refractivity contribution in [3.05, 3.63) is 0 Å². The maximum Gasteiger partial charge on any atom is 0.315 e. The van der Waals surface area contributed by atoms with E-state index in [9.17, 15) is 4.79 Å². The van der Waals surface area contributed by atoms with Gasteiger partial charge in [0.15, 0.2) is 0 Å². The van der Waals surface area contributed by atoms with E-state index in [1.807, 2.05) is 25.6 Å². The Morgan fingerprint density at radius 3 is 1.88 bits per heavy atom. The Hall–Kier alpha value is -0.380. The molecule has 16 heavy (non-hydrogen) atoms. The Kier molecular flexibility index (Phi) is 9.59. The van der Waals surface area contributed by atoms with Crippen molar-refractivity contribution < 1.29 is 4.79 Å². The number of nitrogens with one attached hydrogen (secondary N) is 2. The molecule has 2 rings (SSSR count). The average Bonchev–Trinajstić information content (AvgIpc) is 2.83. The third kappa shape index (κ3) is 5.64. The molecule has 4 heteroatoms. The van der Waals surface area contributed by atoms with Crippen molar-refractivity contribution in [2.45, 2.75) is 59.0 Å². The molecular weight excluding hydrogens is 220 g/mol. The van der Waals surface area contributed by atoms with Gasteiger partial charge >= 0.3 is 6.03 Å². The van der Waals surface area contributed by atoms with Crippen LogP contribution in [0.4, 0.5) is 4.79 Å². The van der Waals surface area contributed by atoms with Crippen molar-refractivity contribution in [3.63, 3.8) is 0 Å². The molecule has 2 fully saturated rings. The van der Waals surface area contributed by atoms with E-state index in [2.05, 4.69) is 24.5 Å². The molecule has 2 aliphatic heterocycles. The molecule has 0 bridgehead atoms. The van der Waals surface area contributed by atoms with Crippen LogP contribution >= 0.6 is 11.8 Å². The zero-order valence-electron chi connectivity index (χ0n) is 11.0. The fourth-order valence-corrected chi connectivity index (χ4v) is 2.85. The summed E-state index contributed by atoms with van der Waals surface area (Å²) in [5.74, 6) is 2.15. The Labute approximate surface area is 104 Å². The van der Waals surface area contributed by atoms with Crippen LogP contribution in [0.3, 0.4) is 0 Å². The molecule has 2 atom stereocenters. The molecule has 2 amide bonds. The van der Waals surface area contributed by atoms with Crippen molar-refractivity contribution in [1.29, 1.82) is 0 Å². The van der Waals surface area contributed by atoms with E-state index in [4.69, 9.17) is 0 Å². The van der Waals surface area contributed by atoms with Crippen LogP contribution in [0.5, 0.6) is 0 Å². The number of carbonyl (C=O) groups is 1. The van der Waals surface area contributed by atoms with Crippen LogP contribution in [-0.4, -0.2) is 29.6 Å². The third-order valence-electron chi connectivity index (χ3n) is 2.42. The molecule has 3 nitrogen and oxygen atoms in total. The molecule has 2 saturated heterocycles. The number of rotatable bonds is 2. The lowest BCUT2D eigenvalue weighted by atomic mass is 10.2. The van der Waals surface area contributed by atoms with Gasteiger partial charge in [-0.25, -0.2) is 4.79 Å². The summed E-state index contributed by atoms with van der Waals surface area (Å²) in [6.07, 6.45) is 4.08. The lowest BCUT2D eigenvalue weighted by molar-refractivity contribution is 0.247. The van der Waals surface area contributed by atoms with Crippen molar-refractivity contribution in [1.82, 2.24) is 10.6 Å². The van der Waals surface area contributed by atoms with E-state index in [0.717, 1.165) is 11.5 Å². The average molecular weight is 246 g/mol. The number of hydrogen-bond donors (Lipinski definition) is 2. The molecule has 2 unspecified atom stereocenters. The molecule has 2 heterocycles. The highest BCUT2D eigenvalue weighted by Gasteiger charge is 2.35. The first-order valence-corrected chi connectivity index (χ1v) is 7.58. The van der Waals surface area contributed by atoms with Crippen molar-refractivity contribution >= 4 is 17.8 Å². The zero-order chi connectivity index (χ0) is 12.4. The van der Waals surface area contributed by atoms with Crippen LogP contribution in [0.1, 0.15) is 47.0 Å². The quantitative estimate of drug-likeness (QED) is 0.735. The topological polar surface area (TPSA) is 41.1 Å². The summed E-state index contributed by atoms with van der Waals surface area (Å²) in [7, 11) is 0. The van der Waals surface area contributed by atoms with Gasteiger partial charge in [-0.05, 0) is 0 Å². The van der Waals surface area contributed by atoms with E-state index in [0.29, 0.717) is 12.1 Å². The number of carbonyl (C=O) groups excluding carboxylic acids is 1. The highest BCUT2D eigenvalue weighted by molar-refractivity contribution is 7.99. The highest BCUT2D eigenvalue weighted by atomic mass is 32.2. The first kappa shape index (κ1) is 15.6. The summed E-state index contributed by atoms with van der Waals surface area (Å²) >= 11 is 1.89. The number of urea groups is 1. The largest absolute Gasteiger partial charge is 0.332 e. The Morgan fingerprint density at radius 1 is 1.12 bits per heavy atom. The SMILES string of the molecule is CC.CCCCC.O=C1NC2CSCC2N1. The summed E-state index contributed by atoms with van der Waals surface area (Å²) in [4.78, 5) is 10.6. The summed E-state index contributed by atoms with van der Waals surface area (Å²) in [6.45, 7) is 8.42. The monoisotopic (exact) mass is 246 g/mol. The van der Waals surface area contributed by atoms with Crippen molar-refractivity contribution in [3.8, 4) is 0 Å². The van der Waals surface area contributed by atoms with E-state index in [1.165, 1.54) is 19.3 Å². The van der Waals surface area contributed by atoms with Gasteiger partial charge in [-0.2, -0.15) is 11.8 Å². The lowest BCUT2D eigenvalue weighted by Gasteiger charge is -2.02. The Bertz CT molecular complexity index is 172. The highest BCUT2D eigenvalue weighted by Crippen LogP contribution is 2.20. The molecule has 0 radical (unpaired) electrons. The Balaban J connectivity index is 0.000000280. The second kappa shape index (κ2) is 9.82. The second-order valence-electron chi connectivity index (χ2n) is 3.72. The molecule has 2 aliphatic rings. The second-order valence-corrected chi connectivity index (χ2v) is 4.80. The minimum Gasteiger partial charge on any atom is -0.332 e. The molecule has 0 aromatic rings.